The van der Waals surface area contributed by atoms with Gasteiger partial charge in [-0.25, -0.2) is 9.78 Å². The van der Waals surface area contributed by atoms with Gasteiger partial charge in [0.15, 0.2) is 6.39 Å². The lowest BCUT2D eigenvalue weighted by atomic mass is 10.1. The maximum atomic E-state index is 13.4. The number of aromatic nitrogens is 2. The van der Waals surface area contributed by atoms with Crippen LogP contribution in [0.2, 0.25) is 0 Å². The number of pyridine rings is 1. The van der Waals surface area contributed by atoms with E-state index in [2.05, 4.69) is 9.97 Å². The number of oxazole rings is 1. The van der Waals surface area contributed by atoms with Crippen molar-refractivity contribution >= 4 is 17.9 Å². The molecule has 30 heavy (non-hydrogen) atoms. The van der Waals surface area contributed by atoms with Gasteiger partial charge in [-0.2, -0.15) is 18.1 Å². The smallest absolute Gasteiger partial charge is 0.424 e. The minimum absolute atomic E-state index is 0.196. The molecule has 0 saturated carbocycles. The van der Waals surface area contributed by atoms with Gasteiger partial charge < -0.3 is 9.15 Å². The summed E-state index contributed by atoms with van der Waals surface area (Å²) in [5.74, 6) is -1.60. The van der Waals surface area contributed by atoms with Gasteiger partial charge in [0.25, 0.3) is 5.91 Å². The van der Waals surface area contributed by atoms with Crippen LogP contribution in [0.25, 0.3) is 0 Å². The van der Waals surface area contributed by atoms with E-state index in [9.17, 15) is 22.8 Å². The molecule has 0 fully saturated rings. The van der Waals surface area contributed by atoms with E-state index in [0.717, 1.165) is 18.8 Å². The van der Waals surface area contributed by atoms with Crippen molar-refractivity contribution in [2.24, 2.45) is 0 Å². The molecule has 2 aromatic heterocycles. The Morgan fingerprint density at radius 3 is 2.57 bits per heavy atom. The molecule has 0 bridgehead atoms. The van der Waals surface area contributed by atoms with Crippen LogP contribution in [-0.2, 0) is 23.9 Å². The lowest BCUT2D eigenvalue weighted by Crippen LogP contribution is -2.39. The van der Waals surface area contributed by atoms with Crippen LogP contribution in [0.5, 0.6) is 0 Å². The number of nitrogens with zero attached hydrogens (tertiary/aromatic N) is 3. The summed E-state index contributed by atoms with van der Waals surface area (Å²) < 4.78 is 50.4. The molecule has 3 rings (SSSR count). The highest BCUT2D eigenvalue weighted by Crippen LogP contribution is 2.33. The lowest BCUT2D eigenvalue weighted by Gasteiger charge is -2.20. The third kappa shape index (κ3) is 4.48. The number of alkyl halides is 3. The summed E-state index contributed by atoms with van der Waals surface area (Å²) in [5, 5.41) is 0. The molecule has 0 unspecified atom stereocenters. The normalized spacial score (nSPS) is 11.2. The minimum Gasteiger partial charge on any atom is -0.444 e. The van der Waals surface area contributed by atoms with Crippen LogP contribution in [0.4, 0.5) is 23.8 Å². The Labute approximate surface area is 169 Å². The van der Waals surface area contributed by atoms with Crippen molar-refractivity contribution in [2.75, 3.05) is 4.90 Å². The minimum atomic E-state index is -4.83. The zero-order chi connectivity index (χ0) is 21.7. The Hall–Kier alpha value is -3.69. The fourth-order valence-electron chi connectivity index (χ4n) is 2.66. The first-order valence-corrected chi connectivity index (χ1v) is 8.81. The average molecular weight is 419 g/mol. The number of benzene rings is 1. The van der Waals surface area contributed by atoms with Gasteiger partial charge in [0.2, 0.25) is 5.88 Å². The summed E-state index contributed by atoms with van der Waals surface area (Å²) in [7, 11) is 0. The van der Waals surface area contributed by atoms with Gasteiger partial charge in [-0.3, -0.25) is 9.78 Å². The highest BCUT2D eigenvalue weighted by Gasteiger charge is 2.39. The first kappa shape index (κ1) is 21.0. The highest BCUT2D eigenvalue weighted by atomic mass is 19.4. The summed E-state index contributed by atoms with van der Waals surface area (Å²) >= 11 is 0. The number of aryl methyl sites for hydroxylation is 1. The molecular formula is C20H16F3N3O4. The van der Waals surface area contributed by atoms with Crippen molar-refractivity contribution < 1.29 is 31.9 Å². The van der Waals surface area contributed by atoms with Gasteiger partial charge in [-0.15, -0.1) is 0 Å². The van der Waals surface area contributed by atoms with E-state index in [1.807, 2.05) is 0 Å². The van der Waals surface area contributed by atoms with Crippen LogP contribution in [-0.4, -0.2) is 22.0 Å². The van der Waals surface area contributed by atoms with Crippen molar-refractivity contribution in [1.29, 1.82) is 0 Å². The number of amides is 2. The fraction of sp³-hybridized carbons (Fsp3) is 0.200. The standard InChI is InChI=1S/C20H16F3N3O4/c1-2-16-18(30-12-25-16)26(19(28)29-11-13-6-4-3-5-7-13)17(27)14-10-24-9-8-15(14)20(21,22)23/h3-10,12H,2,11H2,1H3. The highest BCUT2D eigenvalue weighted by molar-refractivity contribution is 6.19. The molecule has 1 aromatic carbocycles. The second-order valence-corrected chi connectivity index (χ2v) is 6.06. The molecule has 2 amide bonds. The van der Waals surface area contributed by atoms with Crippen molar-refractivity contribution in [2.45, 2.75) is 26.1 Å². The Morgan fingerprint density at radius 2 is 1.90 bits per heavy atom. The average Bonchev–Trinajstić information content (AvgIpc) is 3.20. The number of imide groups is 1. The van der Waals surface area contributed by atoms with Crippen LogP contribution in [0.1, 0.15) is 34.1 Å². The Balaban J connectivity index is 1.98. The molecule has 0 aliphatic rings. The van der Waals surface area contributed by atoms with E-state index in [4.69, 9.17) is 9.15 Å². The van der Waals surface area contributed by atoms with Gasteiger partial charge in [-0.05, 0) is 18.1 Å². The van der Waals surface area contributed by atoms with Crippen LogP contribution in [0.3, 0.4) is 0 Å². The number of rotatable bonds is 5. The second-order valence-electron chi connectivity index (χ2n) is 6.06. The predicted octanol–water partition coefficient (Wildman–Crippen LogP) is 4.63. The Bertz CT molecular complexity index is 1040. The van der Waals surface area contributed by atoms with Gasteiger partial charge >= 0.3 is 12.3 Å². The van der Waals surface area contributed by atoms with Gasteiger partial charge in [-0.1, -0.05) is 37.3 Å². The number of halogens is 3. The molecule has 0 saturated heterocycles. The third-order valence-corrected chi connectivity index (χ3v) is 4.11. The molecule has 0 aliphatic heterocycles. The first-order chi connectivity index (χ1) is 14.3. The van der Waals surface area contributed by atoms with Gasteiger partial charge in [0.05, 0.1) is 11.1 Å². The predicted molar refractivity (Wildman–Crippen MR) is 98.6 cm³/mol. The maximum absolute atomic E-state index is 13.4. The van der Waals surface area contributed by atoms with Gasteiger partial charge in [0, 0.05) is 12.4 Å². The SMILES string of the molecule is CCc1ncoc1N(C(=O)OCc1ccccc1)C(=O)c1cnccc1C(F)(F)F. The van der Waals surface area contributed by atoms with Gasteiger partial charge in [0.1, 0.15) is 12.3 Å². The number of carbonyl (C=O) groups excluding carboxylic acids is 2. The quantitative estimate of drug-likeness (QED) is 0.599. The van der Waals surface area contributed by atoms with E-state index in [0.29, 0.717) is 16.5 Å². The number of hydrogen-bond donors (Lipinski definition) is 0. The monoisotopic (exact) mass is 419 g/mol. The molecule has 7 nitrogen and oxygen atoms in total. The fourth-order valence-corrected chi connectivity index (χ4v) is 2.66. The molecule has 0 aliphatic carbocycles. The number of carbonyl (C=O) groups is 2. The van der Waals surface area contributed by atoms with Crippen molar-refractivity contribution in [3.05, 3.63) is 77.6 Å². The molecule has 3 aromatic rings. The van der Waals surface area contributed by atoms with Crippen LogP contribution >= 0.6 is 0 Å². The van der Waals surface area contributed by atoms with Crippen molar-refractivity contribution in [3.8, 4) is 0 Å². The second kappa shape index (κ2) is 8.76. The summed E-state index contributed by atoms with van der Waals surface area (Å²) in [6.45, 7) is 1.49. The van der Waals surface area contributed by atoms with E-state index >= 15 is 0 Å². The van der Waals surface area contributed by atoms with E-state index in [1.165, 1.54) is 0 Å². The topological polar surface area (TPSA) is 85.5 Å². The molecule has 0 spiro atoms. The number of hydrogen-bond acceptors (Lipinski definition) is 6. The number of anilines is 1. The Kier molecular flexibility index (Phi) is 6.14. The van der Waals surface area contributed by atoms with Crippen molar-refractivity contribution in [1.82, 2.24) is 9.97 Å². The van der Waals surface area contributed by atoms with E-state index in [1.54, 1.807) is 37.3 Å². The molecule has 2 heterocycles. The first-order valence-electron chi connectivity index (χ1n) is 8.81. The summed E-state index contributed by atoms with van der Waals surface area (Å²) in [5.41, 5.74) is -1.22. The van der Waals surface area contributed by atoms with Crippen molar-refractivity contribution in [3.63, 3.8) is 0 Å². The zero-order valence-corrected chi connectivity index (χ0v) is 15.7. The molecular weight excluding hydrogens is 403 g/mol. The summed E-state index contributed by atoms with van der Waals surface area (Å²) in [4.78, 5) is 33.7. The Morgan fingerprint density at radius 1 is 1.17 bits per heavy atom. The summed E-state index contributed by atoms with van der Waals surface area (Å²) in [6.07, 6.45) is -3.13. The van der Waals surface area contributed by atoms with Crippen LogP contribution < -0.4 is 4.90 Å². The molecule has 0 radical (unpaired) electrons. The third-order valence-electron chi connectivity index (χ3n) is 4.11. The largest absolute Gasteiger partial charge is 0.444 e. The molecule has 0 atom stereocenters. The lowest BCUT2D eigenvalue weighted by molar-refractivity contribution is -0.138. The molecule has 156 valence electrons. The van der Waals surface area contributed by atoms with E-state index in [-0.39, 0.29) is 24.6 Å². The maximum Gasteiger partial charge on any atom is 0.424 e. The van der Waals surface area contributed by atoms with E-state index < -0.39 is 29.3 Å². The molecule has 10 heteroatoms. The molecule has 0 N–H and O–H groups in total. The van der Waals surface area contributed by atoms with Crippen LogP contribution in [0, 0.1) is 0 Å². The zero-order valence-electron chi connectivity index (χ0n) is 15.7. The summed E-state index contributed by atoms with van der Waals surface area (Å²) in [6, 6.07) is 9.25. The van der Waals surface area contributed by atoms with Crippen LogP contribution in [0.15, 0.2) is 59.6 Å². The number of ether oxygens (including phenoxy) is 1.